The number of anilines is 1. The van der Waals surface area contributed by atoms with Crippen LogP contribution in [0, 0.1) is 6.92 Å². The smallest absolute Gasteiger partial charge is 0.259 e. The highest BCUT2D eigenvalue weighted by atomic mass is 16.5. The minimum atomic E-state index is -0.156. The number of ether oxygens (including phenoxy) is 1. The standard InChI is InChI=1S/C19H23NO2/c1-5-13(2)15-9-11-16(12-10-15)20-19(21)17-8-6-7-14(3)18(17)22-4/h6-13H,5H2,1-4H3,(H,20,21)/t13-/m1/s1. The predicted molar refractivity (Wildman–Crippen MR) is 90.8 cm³/mol. The summed E-state index contributed by atoms with van der Waals surface area (Å²) in [4.78, 5) is 12.4. The molecule has 0 unspecified atom stereocenters. The van der Waals surface area contributed by atoms with Crippen LogP contribution in [0.1, 0.15) is 47.7 Å². The topological polar surface area (TPSA) is 38.3 Å². The average Bonchev–Trinajstić information content (AvgIpc) is 2.54. The van der Waals surface area contributed by atoms with Gasteiger partial charge in [-0.15, -0.1) is 0 Å². The van der Waals surface area contributed by atoms with E-state index in [9.17, 15) is 4.79 Å². The van der Waals surface area contributed by atoms with E-state index in [1.165, 1.54) is 5.56 Å². The highest BCUT2D eigenvalue weighted by Crippen LogP contribution is 2.25. The number of rotatable bonds is 5. The van der Waals surface area contributed by atoms with Crippen molar-refractivity contribution in [3.05, 3.63) is 59.2 Å². The molecule has 1 N–H and O–H groups in total. The molecule has 0 bridgehead atoms. The van der Waals surface area contributed by atoms with Crippen molar-refractivity contribution in [3.8, 4) is 5.75 Å². The van der Waals surface area contributed by atoms with Gasteiger partial charge in [0.2, 0.25) is 0 Å². The van der Waals surface area contributed by atoms with Gasteiger partial charge in [-0.2, -0.15) is 0 Å². The van der Waals surface area contributed by atoms with E-state index < -0.39 is 0 Å². The van der Waals surface area contributed by atoms with E-state index in [2.05, 4.69) is 31.3 Å². The molecule has 1 atom stereocenters. The van der Waals surface area contributed by atoms with E-state index in [4.69, 9.17) is 4.74 Å². The van der Waals surface area contributed by atoms with Crippen molar-refractivity contribution in [1.82, 2.24) is 0 Å². The van der Waals surface area contributed by atoms with Crippen LogP contribution in [0.4, 0.5) is 5.69 Å². The Morgan fingerprint density at radius 3 is 2.45 bits per heavy atom. The Morgan fingerprint density at radius 2 is 1.86 bits per heavy atom. The second-order valence-corrected chi connectivity index (χ2v) is 5.54. The summed E-state index contributed by atoms with van der Waals surface area (Å²) in [6, 6.07) is 13.6. The predicted octanol–water partition coefficient (Wildman–Crippen LogP) is 4.77. The second kappa shape index (κ2) is 7.12. The molecule has 2 aromatic carbocycles. The molecule has 3 heteroatoms. The number of benzene rings is 2. The van der Waals surface area contributed by atoms with Gasteiger partial charge in [0.05, 0.1) is 12.7 Å². The Hall–Kier alpha value is -2.29. The van der Waals surface area contributed by atoms with Crippen molar-refractivity contribution in [3.63, 3.8) is 0 Å². The first-order chi connectivity index (χ1) is 10.6. The maximum absolute atomic E-state index is 12.4. The van der Waals surface area contributed by atoms with Crippen molar-refractivity contribution in [2.24, 2.45) is 0 Å². The molecule has 0 saturated carbocycles. The SMILES string of the molecule is CC[C@@H](C)c1ccc(NC(=O)c2cccc(C)c2OC)cc1. The molecule has 0 saturated heterocycles. The Balaban J connectivity index is 2.17. The van der Waals surface area contributed by atoms with Gasteiger partial charge in [0.25, 0.3) is 5.91 Å². The molecular formula is C19H23NO2. The van der Waals surface area contributed by atoms with Crippen molar-refractivity contribution in [2.75, 3.05) is 12.4 Å². The van der Waals surface area contributed by atoms with Crippen LogP contribution in [0.25, 0.3) is 0 Å². The zero-order valence-electron chi connectivity index (χ0n) is 13.6. The summed E-state index contributed by atoms with van der Waals surface area (Å²) in [5.74, 6) is 0.995. The molecular weight excluding hydrogens is 274 g/mol. The average molecular weight is 297 g/mol. The minimum absolute atomic E-state index is 0.156. The third kappa shape index (κ3) is 3.48. The lowest BCUT2D eigenvalue weighted by Crippen LogP contribution is -2.13. The Morgan fingerprint density at radius 1 is 1.18 bits per heavy atom. The number of para-hydroxylation sites is 1. The van der Waals surface area contributed by atoms with Crippen molar-refractivity contribution < 1.29 is 9.53 Å². The Kier molecular flexibility index (Phi) is 5.21. The van der Waals surface area contributed by atoms with Crippen LogP contribution in [0.2, 0.25) is 0 Å². The molecule has 0 fully saturated rings. The summed E-state index contributed by atoms with van der Waals surface area (Å²) < 4.78 is 5.34. The lowest BCUT2D eigenvalue weighted by Gasteiger charge is -2.13. The fraction of sp³-hybridized carbons (Fsp3) is 0.316. The van der Waals surface area contributed by atoms with E-state index in [1.54, 1.807) is 13.2 Å². The maximum Gasteiger partial charge on any atom is 0.259 e. The van der Waals surface area contributed by atoms with Gasteiger partial charge in [0.1, 0.15) is 5.75 Å². The van der Waals surface area contributed by atoms with Crippen LogP contribution in [-0.4, -0.2) is 13.0 Å². The normalized spacial score (nSPS) is 11.8. The highest BCUT2D eigenvalue weighted by molar-refractivity contribution is 6.06. The van der Waals surface area contributed by atoms with Crippen LogP contribution < -0.4 is 10.1 Å². The molecule has 0 aliphatic rings. The number of amides is 1. The second-order valence-electron chi connectivity index (χ2n) is 5.54. The van der Waals surface area contributed by atoms with Crippen LogP contribution >= 0.6 is 0 Å². The van der Waals surface area contributed by atoms with E-state index in [0.717, 1.165) is 17.7 Å². The summed E-state index contributed by atoms with van der Waals surface area (Å²) in [6.07, 6.45) is 1.10. The van der Waals surface area contributed by atoms with Crippen LogP contribution in [0.5, 0.6) is 5.75 Å². The molecule has 0 aliphatic heterocycles. The maximum atomic E-state index is 12.4. The summed E-state index contributed by atoms with van der Waals surface area (Å²) >= 11 is 0. The van der Waals surface area contributed by atoms with Crippen LogP contribution in [0.3, 0.4) is 0 Å². The molecule has 116 valence electrons. The fourth-order valence-electron chi connectivity index (χ4n) is 2.43. The monoisotopic (exact) mass is 297 g/mol. The number of carbonyl (C=O) groups excluding carboxylic acids is 1. The van der Waals surface area contributed by atoms with Gasteiger partial charge in [-0.1, -0.05) is 38.1 Å². The molecule has 0 spiro atoms. The molecule has 22 heavy (non-hydrogen) atoms. The highest BCUT2D eigenvalue weighted by Gasteiger charge is 2.14. The molecule has 2 rings (SSSR count). The lowest BCUT2D eigenvalue weighted by atomic mass is 9.98. The quantitative estimate of drug-likeness (QED) is 0.863. The van der Waals surface area contributed by atoms with E-state index in [1.807, 2.05) is 31.2 Å². The molecule has 2 aromatic rings. The van der Waals surface area contributed by atoms with Crippen molar-refractivity contribution in [2.45, 2.75) is 33.1 Å². The molecule has 1 amide bonds. The zero-order valence-corrected chi connectivity index (χ0v) is 13.6. The van der Waals surface area contributed by atoms with E-state index >= 15 is 0 Å². The first-order valence-electron chi connectivity index (χ1n) is 7.61. The summed E-state index contributed by atoms with van der Waals surface area (Å²) in [5.41, 5.74) is 3.57. The summed E-state index contributed by atoms with van der Waals surface area (Å²) in [5, 5.41) is 2.93. The molecule has 0 aliphatic carbocycles. The zero-order chi connectivity index (χ0) is 16.1. The number of hydrogen-bond donors (Lipinski definition) is 1. The fourth-order valence-corrected chi connectivity index (χ4v) is 2.43. The largest absolute Gasteiger partial charge is 0.496 e. The van der Waals surface area contributed by atoms with Crippen molar-refractivity contribution in [1.29, 1.82) is 0 Å². The lowest BCUT2D eigenvalue weighted by molar-refractivity contribution is 0.102. The first kappa shape index (κ1) is 16.1. The Labute approximate surface area is 132 Å². The van der Waals surface area contributed by atoms with Gasteiger partial charge in [-0.3, -0.25) is 4.79 Å². The molecule has 0 radical (unpaired) electrons. The van der Waals surface area contributed by atoms with Crippen LogP contribution in [-0.2, 0) is 0 Å². The Bertz CT molecular complexity index is 647. The van der Waals surface area contributed by atoms with Gasteiger partial charge < -0.3 is 10.1 Å². The van der Waals surface area contributed by atoms with Crippen molar-refractivity contribution >= 4 is 11.6 Å². The van der Waals surface area contributed by atoms with Gasteiger partial charge >= 0.3 is 0 Å². The van der Waals surface area contributed by atoms with E-state index in [-0.39, 0.29) is 5.91 Å². The first-order valence-corrected chi connectivity index (χ1v) is 7.61. The summed E-state index contributed by atoms with van der Waals surface area (Å²) in [7, 11) is 1.58. The van der Waals surface area contributed by atoms with Gasteiger partial charge in [-0.25, -0.2) is 0 Å². The number of nitrogens with one attached hydrogen (secondary N) is 1. The summed E-state index contributed by atoms with van der Waals surface area (Å²) in [6.45, 7) is 6.30. The number of methoxy groups -OCH3 is 1. The minimum Gasteiger partial charge on any atom is -0.496 e. The van der Waals surface area contributed by atoms with Crippen LogP contribution in [0.15, 0.2) is 42.5 Å². The third-order valence-corrected chi connectivity index (χ3v) is 4.01. The number of carbonyl (C=O) groups is 1. The molecule has 3 nitrogen and oxygen atoms in total. The number of aryl methyl sites for hydroxylation is 1. The molecule has 0 heterocycles. The molecule has 0 aromatic heterocycles. The van der Waals surface area contributed by atoms with E-state index in [0.29, 0.717) is 17.2 Å². The third-order valence-electron chi connectivity index (χ3n) is 4.01. The van der Waals surface area contributed by atoms with Gasteiger partial charge in [-0.05, 0) is 48.6 Å². The number of hydrogen-bond acceptors (Lipinski definition) is 2. The van der Waals surface area contributed by atoms with Gasteiger partial charge in [0, 0.05) is 5.69 Å². The van der Waals surface area contributed by atoms with Gasteiger partial charge in [0.15, 0.2) is 0 Å².